The van der Waals surface area contributed by atoms with Crippen molar-refractivity contribution in [3.63, 3.8) is 0 Å². The molecule has 1 rings (SSSR count). The Morgan fingerprint density at radius 2 is 2.00 bits per heavy atom. The number of nitrogens with one attached hydrogen (secondary N) is 1. The Labute approximate surface area is 96.7 Å². The summed E-state index contributed by atoms with van der Waals surface area (Å²) < 4.78 is 11.0. The first-order valence-electron chi connectivity index (χ1n) is 5.39. The first kappa shape index (κ1) is 13.2. The van der Waals surface area contributed by atoms with Crippen molar-refractivity contribution in [1.29, 1.82) is 0 Å². The van der Waals surface area contributed by atoms with Gasteiger partial charge in [0.25, 0.3) is 0 Å². The van der Waals surface area contributed by atoms with Crippen LogP contribution in [0, 0.1) is 12.3 Å². The number of carbonyl (C=O) groups excluding carboxylic acids is 1. The van der Waals surface area contributed by atoms with E-state index in [4.69, 9.17) is 15.9 Å². The summed E-state index contributed by atoms with van der Waals surface area (Å²) in [5.41, 5.74) is -0.744. The van der Waals surface area contributed by atoms with E-state index in [1.54, 1.807) is 7.05 Å². The van der Waals surface area contributed by atoms with Gasteiger partial charge in [-0.05, 0) is 20.9 Å². The average molecular weight is 225 g/mol. The summed E-state index contributed by atoms with van der Waals surface area (Å²) in [5, 5.41) is 3.00. The van der Waals surface area contributed by atoms with Gasteiger partial charge in [0.1, 0.15) is 5.54 Å². The van der Waals surface area contributed by atoms with Crippen LogP contribution in [0.25, 0.3) is 0 Å². The van der Waals surface area contributed by atoms with Gasteiger partial charge in [-0.2, -0.15) is 0 Å². The lowest BCUT2D eigenvalue weighted by molar-refractivity contribution is -0.266. The number of ketones is 1. The average Bonchev–Trinajstić information content (AvgIpc) is 2.27. The van der Waals surface area contributed by atoms with E-state index in [0.29, 0.717) is 26.1 Å². The molecular formula is C12H19NO3. The first-order valence-corrected chi connectivity index (χ1v) is 5.39. The Hall–Kier alpha value is -0.890. The summed E-state index contributed by atoms with van der Waals surface area (Å²) in [7, 11) is 1.73. The second kappa shape index (κ2) is 4.96. The van der Waals surface area contributed by atoms with Gasteiger partial charge in [0.15, 0.2) is 11.6 Å². The maximum atomic E-state index is 12.0. The molecule has 0 spiro atoms. The lowest BCUT2D eigenvalue weighted by atomic mass is 9.91. The molecule has 0 aromatic heterocycles. The quantitative estimate of drug-likeness (QED) is 0.716. The topological polar surface area (TPSA) is 47.6 Å². The van der Waals surface area contributed by atoms with Crippen LogP contribution in [-0.4, -0.2) is 37.4 Å². The van der Waals surface area contributed by atoms with Gasteiger partial charge in [-0.25, -0.2) is 0 Å². The summed E-state index contributed by atoms with van der Waals surface area (Å²) in [6, 6.07) is 0. The van der Waals surface area contributed by atoms with Gasteiger partial charge >= 0.3 is 0 Å². The highest BCUT2D eigenvalue weighted by Crippen LogP contribution is 2.24. The molecule has 4 nitrogen and oxygen atoms in total. The number of carbonyl (C=O) groups is 1. The fourth-order valence-corrected chi connectivity index (χ4v) is 1.55. The van der Waals surface area contributed by atoms with Crippen LogP contribution in [0.3, 0.4) is 0 Å². The number of hydrogen-bond donors (Lipinski definition) is 1. The monoisotopic (exact) mass is 225 g/mol. The molecule has 0 aromatic carbocycles. The van der Waals surface area contributed by atoms with Gasteiger partial charge in [0.2, 0.25) is 0 Å². The number of Topliss-reactive ketones (excluding diaryl/α,β-unsaturated/α-hetero) is 1. The molecule has 0 unspecified atom stereocenters. The SMILES string of the molecule is C#CCCC(=O)C1(NC)COC(C)(C)OC1. The van der Waals surface area contributed by atoms with E-state index in [-0.39, 0.29) is 5.78 Å². The lowest BCUT2D eigenvalue weighted by Gasteiger charge is -2.42. The largest absolute Gasteiger partial charge is 0.348 e. The van der Waals surface area contributed by atoms with Crippen molar-refractivity contribution in [3.05, 3.63) is 0 Å². The molecule has 1 aliphatic heterocycles. The number of likely N-dealkylation sites (N-methyl/N-ethyl adjacent to an activating group) is 1. The number of hydrogen-bond acceptors (Lipinski definition) is 4. The molecule has 4 heteroatoms. The highest BCUT2D eigenvalue weighted by atomic mass is 16.7. The van der Waals surface area contributed by atoms with Crippen molar-refractivity contribution >= 4 is 5.78 Å². The van der Waals surface area contributed by atoms with Crippen molar-refractivity contribution < 1.29 is 14.3 Å². The highest BCUT2D eigenvalue weighted by Gasteiger charge is 2.43. The second-order valence-corrected chi connectivity index (χ2v) is 4.44. The number of terminal acetylenes is 1. The minimum absolute atomic E-state index is 0.0449. The smallest absolute Gasteiger partial charge is 0.162 e. The van der Waals surface area contributed by atoms with Gasteiger partial charge in [-0.3, -0.25) is 4.79 Å². The van der Waals surface area contributed by atoms with Crippen LogP contribution in [-0.2, 0) is 14.3 Å². The van der Waals surface area contributed by atoms with Crippen molar-refractivity contribution in [2.75, 3.05) is 20.3 Å². The van der Waals surface area contributed by atoms with Crippen molar-refractivity contribution in [2.24, 2.45) is 0 Å². The summed E-state index contributed by atoms with van der Waals surface area (Å²) in [5.74, 6) is 1.89. The van der Waals surface area contributed by atoms with E-state index < -0.39 is 11.3 Å². The Morgan fingerprint density at radius 3 is 2.44 bits per heavy atom. The Bertz CT molecular complexity index is 294. The third-order valence-corrected chi connectivity index (χ3v) is 2.84. The van der Waals surface area contributed by atoms with Crippen molar-refractivity contribution in [3.8, 4) is 12.3 Å². The van der Waals surface area contributed by atoms with E-state index in [9.17, 15) is 4.79 Å². The summed E-state index contributed by atoms with van der Waals surface area (Å²) >= 11 is 0. The van der Waals surface area contributed by atoms with E-state index in [0.717, 1.165) is 0 Å². The molecule has 0 aromatic rings. The molecule has 0 radical (unpaired) electrons. The second-order valence-electron chi connectivity index (χ2n) is 4.44. The molecule has 90 valence electrons. The minimum atomic E-state index is -0.744. The van der Waals surface area contributed by atoms with Crippen LogP contribution in [0.2, 0.25) is 0 Å². The third-order valence-electron chi connectivity index (χ3n) is 2.84. The molecule has 0 bridgehead atoms. The molecule has 0 atom stereocenters. The summed E-state index contributed by atoms with van der Waals surface area (Å²) in [6.45, 7) is 4.30. The van der Waals surface area contributed by atoms with Gasteiger partial charge in [0, 0.05) is 12.8 Å². The van der Waals surface area contributed by atoms with Gasteiger partial charge in [-0.15, -0.1) is 12.3 Å². The minimum Gasteiger partial charge on any atom is -0.348 e. The zero-order chi connectivity index (χ0) is 12.2. The van der Waals surface area contributed by atoms with Gasteiger partial charge < -0.3 is 14.8 Å². The van der Waals surface area contributed by atoms with E-state index in [1.807, 2.05) is 13.8 Å². The van der Waals surface area contributed by atoms with Gasteiger partial charge in [-0.1, -0.05) is 0 Å². The van der Waals surface area contributed by atoms with E-state index >= 15 is 0 Å². The van der Waals surface area contributed by atoms with E-state index in [2.05, 4.69) is 11.2 Å². The zero-order valence-electron chi connectivity index (χ0n) is 10.1. The Morgan fingerprint density at radius 1 is 1.44 bits per heavy atom. The van der Waals surface area contributed by atoms with E-state index in [1.165, 1.54) is 0 Å². The normalized spacial score (nSPS) is 22.4. The third kappa shape index (κ3) is 2.82. The molecule has 1 fully saturated rings. The predicted molar refractivity (Wildman–Crippen MR) is 60.8 cm³/mol. The maximum absolute atomic E-state index is 12.0. The fourth-order valence-electron chi connectivity index (χ4n) is 1.55. The van der Waals surface area contributed by atoms with Crippen LogP contribution in [0.4, 0.5) is 0 Å². The predicted octanol–water partition coefficient (Wildman–Crippen LogP) is 0.710. The Kier molecular flexibility index (Phi) is 4.09. The van der Waals surface area contributed by atoms with Crippen LogP contribution in [0.1, 0.15) is 26.7 Å². The van der Waals surface area contributed by atoms with Crippen LogP contribution in [0.15, 0.2) is 0 Å². The first-order chi connectivity index (χ1) is 7.46. The molecule has 0 saturated carbocycles. The lowest BCUT2D eigenvalue weighted by Crippen LogP contribution is -2.63. The van der Waals surface area contributed by atoms with Crippen molar-refractivity contribution in [2.45, 2.75) is 38.0 Å². The summed E-state index contributed by atoms with van der Waals surface area (Å²) in [4.78, 5) is 12.0. The van der Waals surface area contributed by atoms with Crippen LogP contribution in [0.5, 0.6) is 0 Å². The van der Waals surface area contributed by atoms with Crippen LogP contribution < -0.4 is 5.32 Å². The molecule has 0 amide bonds. The zero-order valence-corrected chi connectivity index (χ0v) is 10.1. The van der Waals surface area contributed by atoms with Crippen molar-refractivity contribution in [1.82, 2.24) is 5.32 Å². The molecule has 1 heterocycles. The Balaban J connectivity index is 2.66. The van der Waals surface area contributed by atoms with Crippen LogP contribution >= 0.6 is 0 Å². The number of ether oxygens (including phenoxy) is 2. The van der Waals surface area contributed by atoms with Gasteiger partial charge in [0.05, 0.1) is 13.2 Å². The molecular weight excluding hydrogens is 206 g/mol. The molecule has 1 saturated heterocycles. The number of rotatable bonds is 4. The molecule has 0 aliphatic carbocycles. The fraction of sp³-hybridized carbons (Fsp3) is 0.750. The molecule has 16 heavy (non-hydrogen) atoms. The molecule has 1 aliphatic rings. The highest BCUT2D eigenvalue weighted by molar-refractivity contribution is 5.89. The summed E-state index contributed by atoms with van der Waals surface area (Å²) in [6.07, 6.45) is 5.95. The molecule has 1 N–H and O–H groups in total. The maximum Gasteiger partial charge on any atom is 0.162 e. The standard InChI is InChI=1S/C12H19NO3/c1-5-6-7-10(14)12(13-4)8-15-11(2,3)16-9-12/h1,13H,6-9H2,2-4H3.